The van der Waals surface area contributed by atoms with E-state index in [0.717, 1.165) is 31.2 Å². The molecule has 9 nitrogen and oxygen atoms in total. The van der Waals surface area contributed by atoms with Gasteiger partial charge in [0.1, 0.15) is 11.5 Å². The SMILES string of the molecule is Nc1ncc(-c2ccc(CN3CCC(N4CCCC4)CC3)cc2)nc1C(=O)Nc1cc(O)cc(O)c1. The molecule has 2 fully saturated rings. The summed E-state index contributed by atoms with van der Waals surface area (Å²) in [5, 5.41) is 21.9. The van der Waals surface area contributed by atoms with Crippen molar-refractivity contribution < 1.29 is 15.0 Å². The van der Waals surface area contributed by atoms with Crippen molar-refractivity contribution in [3.05, 3.63) is 59.9 Å². The summed E-state index contributed by atoms with van der Waals surface area (Å²) in [5.41, 5.74) is 8.72. The molecule has 0 aliphatic carbocycles. The molecule has 188 valence electrons. The monoisotopic (exact) mass is 488 g/mol. The minimum atomic E-state index is -0.583. The smallest absolute Gasteiger partial charge is 0.278 e. The number of nitrogens with one attached hydrogen (secondary N) is 1. The van der Waals surface area contributed by atoms with Gasteiger partial charge in [-0.2, -0.15) is 0 Å². The van der Waals surface area contributed by atoms with Crippen molar-refractivity contribution in [2.24, 2.45) is 0 Å². The number of hydrogen-bond acceptors (Lipinski definition) is 8. The lowest BCUT2D eigenvalue weighted by atomic mass is 10.0. The quantitative estimate of drug-likeness (QED) is 0.415. The second-order valence-electron chi connectivity index (χ2n) is 9.63. The molecule has 2 saturated heterocycles. The van der Waals surface area contributed by atoms with E-state index in [4.69, 9.17) is 5.73 Å². The molecule has 3 heterocycles. The zero-order valence-electron chi connectivity index (χ0n) is 20.2. The molecule has 36 heavy (non-hydrogen) atoms. The van der Waals surface area contributed by atoms with Crippen LogP contribution >= 0.6 is 0 Å². The fourth-order valence-electron chi connectivity index (χ4n) is 5.15. The Morgan fingerprint density at radius 3 is 2.33 bits per heavy atom. The maximum atomic E-state index is 12.8. The van der Waals surface area contributed by atoms with Crippen LogP contribution in [0.2, 0.25) is 0 Å². The Bertz CT molecular complexity index is 1200. The van der Waals surface area contributed by atoms with Gasteiger partial charge in [-0.1, -0.05) is 24.3 Å². The predicted octanol–water partition coefficient (Wildman–Crippen LogP) is 3.45. The van der Waals surface area contributed by atoms with Gasteiger partial charge < -0.3 is 26.2 Å². The second kappa shape index (κ2) is 10.5. The normalized spacial score (nSPS) is 17.3. The topological polar surface area (TPSA) is 128 Å². The van der Waals surface area contributed by atoms with Crippen molar-refractivity contribution >= 4 is 17.4 Å². The molecule has 0 spiro atoms. The van der Waals surface area contributed by atoms with E-state index >= 15 is 0 Å². The van der Waals surface area contributed by atoms with Crippen LogP contribution in [-0.2, 0) is 6.54 Å². The van der Waals surface area contributed by atoms with Crippen LogP contribution in [0.1, 0.15) is 41.7 Å². The minimum absolute atomic E-state index is 0.00502. The number of aromatic hydroxyl groups is 2. The molecule has 1 aromatic heterocycles. The molecule has 0 bridgehead atoms. The first-order valence-corrected chi connectivity index (χ1v) is 12.5. The lowest BCUT2D eigenvalue weighted by Gasteiger charge is -2.36. The average Bonchev–Trinajstić information content (AvgIpc) is 3.40. The maximum absolute atomic E-state index is 12.8. The Morgan fingerprint density at radius 2 is 1.67 bits per heavy atom. The number of likely N-dealkylation sites (tertiary alicyclic amines) is 2. The number of phenolic OH excluding ortho intramolecular Hbond substituents is 2. The van der Waals surface area contributed by atoms with Gasteiger partial charge in [0, 0.05) is 42.0 Å². The van der Waals surface area contributed by atoms with Gasteiger partial charge in [0.15, 0.2) is 11.5 Å². The van der Waals surface area contributed by atoms with Crippen molar-refractivity contribution in [3.8, 4) is 22.8 Å². The van der Waals surface area contributed by atoms with Crippen molar-refractivity contribution in [1.82, 2.24) is 19.8 Å². The average molecular weight is 489 g/mol. The van der Waals surface area contributed by atoms with Crippen LogP contribution in [-0.4, -0.2) is 68.1 Å². The molecular weight excluding hydrogens is 456 g/mol. The third-order valence-corrected chi connectivity index (χ3v) is 7.05. The van der Waals surface area contributed by atoms with E-state index in [2.05, 4.69) is 37.2 Å². The van der Waals surface area contributed by atoms with Gasteiger partial charge in [0.05, 0.1) is 11.9 Å². The number of rotatable bonds is 6. The Kier molecular flexibility index (Phi) is 7.02. The van der Waals surface area contributed by atoms with E-state index in [1.165, 1.54) is 62.5 Å². The van der Waals surface area contributed by atoms with Crippen LogP contribution in [0.4, 0.5) is 11.5 Å². The Balaban J connectivity index is 1.22. The highest BCUT2D eigenvalue weighted by Gasteiger charge is 2.26. The first-order valence-electron chi connectivity index (χ1n) is 12.5. The Morgan fingerprint density at radius 1 is 1.00 bits per heavy atom. The van der Waals surface area contributed by atoms with Gasteiger partial charge in [-0.15, -0.1) is 0 Å². The third-order valence-electron chi connectivity index (χ3n) is 7.05. The van der Waals surface area contributed by atoms with E-state index in [1.54, 1.807) is 6.20 Å². The summed E-state index contributed by atoms with van der Waals surface area (Å²) in [6.07, 6.45) is 6.72. The van der Waals surface area contributed by atoms with Crippen LogP contribution < -0.4 is 11.1 Å². The summed E-state index contributed by atoms with van der Waals surface area (Å²) < 4.78 is 0. The predicted molar refractivity (Wildman–Crippen MR) is 139 cm³/mol. The van der Waals surface area contributed by atoms with Crippen molar-refractivity contribution in [2.75, 3.05) is 37.2 Å². The van der Waals surface area contributed by atoms with Crippen LogP contribution in [0.5, 0.6) is 11.5 Å². The largest absolute Gasteiger partial charge is 0.508 e. The number of nitrogen functional groups attached to an aromatic ring is 1. The summed E-state index contributed by atoms with van der Waals surface area (Å²) in [6, 6.07) is 12.7. The molecule has 3 aromatic rings. The zero-order valence-corrected chi connectivity index (χ0v) is 20.2. The number of benzene rings is 2. The zero-order chi connectivity index (χ0) is 25.1. The van der Waals surface area contributed by atoms with Crippen LogP contribution in [0.25, 0.3) is 11.3 Å². The van der Waals surface area contributed by atoms with Gasteiger partial charge >= 0.3 is 0 Å². The van der Waals surface area contributed by atoms with E-state index in [0.29, 0.717) is 5.69 Å². The van der Waals surface area contributed by atoms with Crippen LogP contribution in [0.3, 0.4) is 0 Å². The third kappa shape index (κ3) is 5.58. The summed E-state index contributed by atoms with van der Waals surface area (Å²) in [7, 11) is 0. The molecule has 2 aromatic carbocycles. The summed E-state index contributed by atoms with van der Waals surface area (Å²) in [5.74, 6) is -0.932. The molecule has 0 atom stereocenters. The van der Waals surface area contributed by atoms with Crippen LogP contribution in [0.15, 0.2) is 48.7 Å². The molecule has 5 N–H and O–H groups in total. The van der Waals surface area contributed by atoms with E-state index < -0.39 is 5.91 Å². The lowest BCUT2D eigenvalue weighted by molar-refractivity contribution is 0.102. The molecule has 5 rings (SSSR count). The van der Waals surface area contributed by atoms with Gasteiger partial charge in [-0.25, -0.2) is 9.97 Å². The second-order valence-corrected chi connectivity index (χ2v) is 9.63. The number of phenols is 2. The molecule has 0 saturated carbocycles. The first-order chi connectivity index (χ1) is 17.4. The molecule has 0 unspecified atom stereocenters. The summed E-state index contributed by atoms with van der Waals surface area (Å²) >= 11 is 0. The number of nitrogens with two attached hydrogens (primary N) is 1. The number of piperidine rings is 1. The number of carbonyl (C=O) groups is 1. The van der Waals surface area contributed by atoms with Crippen molar-refractivity contribution in [1.29, 1.82) is 0 Å². The van der Waals surface area contributed by atoms with E-state index in [1.807, 2.05) is 12.1 Å². The number of nitrogens with zero attached hydrogens (tertiary/aromatic N) is 4. The minimum Gasteiger partial charge on any atom is -0.508 e. The lowest BCUT2D eigenvalue weighted by Crippen LogP contribution is -2.43. The molecular formula is C27H32N6O3. The number of aromatic nitrogens is 2. The van der Waals surface area contributed by atoms with Gasteiger partial charge in [-0.05, 0) is 57.4 Å². The molecule has 1 amide bonds. The van der Waals surface area contributed by atoms with E-state index in [9.17, 15) is 15.0 Å². The number of anilines is 2. The summed E-state index contributed by atoms with van der Waals surface area (Å²) in [6.45, 7) is 5.71. The standard InChI is InChI=1S/C27H32N6O3/c28-26-25(27(36)30-20-13-22(34)15-23(35)14-20)31-24(16-29-26)19-5-3-18(4-6-19)17-32-11-7-21(8-12-32)33-9-1-2-10-33/h3-6,13-16,21,34-35H,1-2,7-12,17H2,(H2,28,29)(H,30,36). The molecule has 0 radical (unpaired) electrons. The van der Waals surface area contributed by atoms with Crippen molar-refractivity contribution in [2.45, 2.75) is 38.3 Å². The maximum Gasteiger partial charge on any atom is 0.278 e. The number of amides is 1. The number of carbonyl (C=O) groups excluding carboxylic acids is 1. The molecule has 2 aliphatic rings. The fourth-order valence-corrected chi connectivity index (χ4v) is 5.15. The fraction of sp³-hybridized carbons (Fsp3) is 0.370. The Labute approximate surface area is 210 Å². The van der Waals surface area contributed by atoms with Gasteiger partial charge in [-0.3, -0.25) is 9.69 Å². The highest BCUT2D eigenvalue weighted by Crippen LogP contribution is 2.26. The highest BCUT2D eigenvalue weighted by atomic mass is 16.3. The van der Waals surface area contributed by atoms with Gasteiger partial charge in [0.25, 0.3) is 5.91 Å². The Hall–Kier alpha value is -3.69. The van der Waals surface area contributed by atoms with Crippen LogP contribution in [0, 0.1) is 0 Å². The van der Waals surface area contributed by atoms with E-state index in [-0.39, 0.29) is 28.7 Å². The van der Waals surface area contributed by atoms with Gasteiger partial charge in [0.2, 0.25) is 0 Å². The summed E-state index contributed by atoms with van der Waals surface area (Å²) in [4.78, 5) is 26.5. The van der Waals surface area contributed by atoms with Crippen molar-refractivity contribution in [3.63, 3.8) is 0 Å². The molecule has 9 heteroatoms. The molecule has 2 aliphatic heterocycles. The highest BCUT2D eigenvalue weighted by molar-refractivity contribution is 6.06. The number of hydrogen-bond donors (Lipinski definition) is 4. The first kappa shape index (κ1) is 24.0.